The van der Waals surface area contributed by atoms with Crippen LogP contribution < -0.4 is 5.56 Å². The molecule has 1 aromatic heterocycles. The number of methoxy groups -OCH3 is 1. The minimum Gasteiger partial charge on any atom is -0.362 e. The van der Waals surface area contributed by atoms with Crippen LogP contribution in [0.5, 0.6) is 0 Å². The Morgan fingerprint density at radius 2 is 1.91 bits per heavy atom. The van der Waals surface area contributed by atoms with Gasteiger partial charge in [-0.05, 0) is 0 Å². The van der Waals surface area contributed by atoms with E-state index in [0.29, 0.717) is 11.3 Å². The fourth-order valence-electron chi connectivity index (χ4n) is 1.86. The zero-order chi connectivity index (χ0) is 16.2. The summed E-state index contributed by atoms with van der Waals surface area (Å²) < 4.78 is 6.33. The summed E-state index contributed by atoms with van der Waals surface area (Å²) in [5, 5.41) is 4.42. The molecular weight excluding hydrogens is 292 g/mol. The molecule has 2 rings (SSSR count). The molecule has 0 radical (unpaired) electrons. The molecule has 0 aliphatic carbocycles. The van der Waals surface area contributed by atoms with E-state index in [9.17, 15) is 4.79 Å². The molecule has 0 N–H and O–H groups in total. The largest absolute Gasteiger partial charge is 0.362 e. The van der Waals surface area contributed by atoms with Crippen LogP contribution >= 0.6 is 0 Å². The Morgan fingerprint density at radius 1 is 1.23 bits per heavy atom. The van der Waals surface area contributed by atoms with Gasteiger partial charge in [0.25, 0.3) is 5.56 Å². The van der Waals surface area contributed by atoms with Crippen molar-refractivity contribution in [3.05, 3.63) is 52.3 Å². The molecule has 5 heteroatoms. The van der Waals surface area contributed by atoms with Crippen LogP contribution in [0.25, 0.3) is 11.3 Å². The highest BCUT2D eigenvalue weighted by Crippen LogP contribution is 2.19. The van der Waals surface area contributed by atoms with Crippen molar-refractivity contribution >= 4 is 8.07 Å². The molecule has 0 saturated heterocycles. The summed E-state index contributed by atoms with van der Waals surface area (Å²) in [5.74, 6) is 3.16. The number of hydrogen-bond acceptors (Lipinski definition) is 3. The molecule has 0 saturated carbocycles. The second-order valence-corrected chi connectivity index (χ2v) is 10.8. The first-order valence-electron chi connectivity index (χ1n) is 7.10. The van der Waals surface area contributed by atoms with E-state index in [1.165, 1.54) is 11.8 Å². The Hall–Kier alpha value is -2.16. The Bertz CT molecular complexity index is 765. The Kier molecular flexibility index (Phi) is 4.96. The van der Waals surface area contributed by atoms with Crippen molar-refractivity contribution in [2.24, 2.45) is 0 Å². The van der Waals surface area contributed by atoms with Gasteiger partial charge in [-0.25, -0.2) is 4.68 Å². The van der Waals surface area contributed by atoms with Gasteiger partial charge in [-0.15, -0.1) is 5.54 Å². The van der Waals surface area contributed by atoms with Crippen molar-refractivity contribution in [2.75, 3.05) is 7.11 Å². The second kappa shape index (κ2) is 6.73. The fraction of sp³-hybridized carbons (Fsp3) is 0.294. The van der Waals surface area contributed by atoms with Crippen LogP contribution in [0.1, 0.15) is 5.56 Å². The maximum atomic E-state index is 12.1. The first kappa shape index (κ1) is 16.2. The van der Waals surface area contributed by atoms with Crippen molar-refractivity contribution in [2.45, 2.75) is 26.4 Å². The predicted octanol–water partition coefficient (Wildman–Crippen LogP) is 2.74. The standard InChI is InChI=1S/C17H20N2O2Si/c1-21-13-19-16(20)12-15(10-11-22(2,3)4)17(18-19)14-8-6-5-7-9-14/h5-9,12H,13H2,1-4H3. The van der Waals surface area contributed by atoms with Crippen molar-refractivity contribution < 1.29 is 4.74 Å². The highest BCUT2D eigenvalue weighted by atomic mass is 28.3. The van der Waals surface area contributed by atoms with Gasteiger partial charge in [0.1, 0.15) is 20.5 Å². The lowest BCUT2D eigenvalue weighted by molar-refractivity contribution is 0.116. The summed E-state index contributed by atoms with van der Waals surface area (Å²) >= 11 is 0. The number of aromatic nitrogens is 2. The van der Waals surface area contributed by atoms with E-state index in [2.05, 4.69) is 36.2 Å². The topological polar surface area (TPSA) is 44.1 Å². The van der Waals surface area contributed by atoms with E-state index in [1.54, 1.807) is 6.07 Å². The van der Waals surface area contributed by atoms with Crippen LogP contribution in [0.2, 0.25) is 19.6 Å². The van der Waals surface area contributed by atoms with E-state index in [1.807, 2.05) is 30.3 Å². The molecule has 0 unspecified atom stereocenters. The highest BCUT2D eigenvalue weighted by Gasteiger charge is 2.12. The summed E-state index contributed by atoms with van der Waals surface area (Å²) in [6, 6.07) is 11.3. The van der Waals surface area contributed by atoms with E-state index in [-0.39, 0.29) is 12.3 Å². The number of ether oxygens (including phenoxy) is 1. The number of benzene rings is 1. The van der Waals surface area contributed by atoms with Gasteiger partial charge in [0.2, 0.25) is 0 Å². The molecule has 0 bridgehead atoms. The van der Waals surface area contributed by atoms with Crippen molar-refractivity contribution in [3.63, 3.8) is 0 Å². The number of hydrogen-bond donors (Lipinski definition) is 0. The summed E-state index contributed by atoms with van der Waals surface area (Å²) in [6.45, 7) is 6.63. The molecule has 0 aliphatic heterocycles. The van der Waals surface area contributed by atoms with Gasteiger partial charge in [-0.3, -0.25) is 4.79 Å². The summed E-state index contributed by atoms with van der Waals surface area (Å²) in [5.41, 5.74) is 5.41. The maximum absolute atomic E-state index is 12.1. The normalized spacial score (nSPS) is 10.9. The van der Waals surface area contributed by atoms with Crippen molar-refractivity contribution in [1.29, 1.82) is 0 Å². The average Bonchev–Trinajstić information content (AvgIpc) is 2.47. The molecule has 1 heterocycles. The molecule has 0 amide bonds. The molecule has 0 fully saturated rings. The lowest BCUT2D eigenvalue weighted by atomic mass is 10.1. The van der Waals surface area contributed by atoms with Gasteiger partial charge in [-0.1, -0.05) is 55.9 Å². The number of nitrogens with zero attached hydrogens (tertiary/aromatic N) is 2. The fourth-order valence-corrected chi connectivity index (χ4v) is 2.37. The van der Waals surface area contributed by atoms with Crippen LogP contribution in [-0.2, 0) is 11.5 Å². The minimum atomic E-state index is -1.53. The molecule has 0 aliphatic rings. The van der Waals surface area contributed by atoms with Crippen LogP contribution in [0.3, 0.4) is 0 Å². The van der Waals surface area contributed by atoms with Gasteiger partial charge in [-0.2, -0.15) is 5.10 Å². The van der Waals surface area contributed by atoms with Gasteiger partial charge < -0.3 is 4.74 Å². The Morgan fingerprint density at radius 3 is 2.50 bits per heavy atom. The molecule has 2 aromatic rings. The lowest BCUT2D eigenvalue weighted by Crippen LogP contribution is -2.24. The molecule has 1 aromatic carbocycles. The first-order valence-corrected chi connectivity index (χ1v) is 10.6. The number of rotatable bonds is 3. The highest BCUT2D eigenvalue weighted by molar-refractivity contribution is 6.83. The molecular formula is C17H20N2O2Si. The molecule has 4 nitrogen and oxygen atoms in total. The van der Waals surface area contributed by atoms with Gasteiger partial charge in [0, 0.05) is 18.7 Å². The molecule has 0 atom stereocenters. The van der Waals surface area contributed by atoms with Crippen LogP contribution in [0, 0.1) is 11.5 Å². The van der Waals surface area contributed by atoms with Gasteiger partial charge >= 0.3 is 0 Å². The first-order chi connectivity index (χ1) is 10.4. The third-order valence-electron chi connectivity index (χ3n) is 2.87. The van der Waals surface area contributed by atoms with Crippen LogP contribution in [0.4, 0.5) is 0 Å². The second-order valence-electron chi connectivity index (χ2n) is 6.03. The van der Waals surface area contributed by atoms with E-state index >= 15 is 0 Å². The lowest BCUT2D eigenvalue weighted by Gasteiger charge is -2.09. The quantitative estimate of drug-likeness (QED) is 0.646. The molecule has 22 heavy (non-hydrogen) atoms. The van der Waals surface area contributed by atoms with E-state index in [4.69, 9.17) is 4.74 Å². The molecule has 0 spiro atoms. The maximum Gasteiger partial charge on any atom is 0.270 e. The summed E-state index contributed by atoms with van der Waals surface area (Å²) in [7, 11) is 0.00446. The zero-order valence-corrected chi connectivity index (χ0v) is 14.4. The van der Waals surface area contributed by atoms with Crippen LogP contribution in [-0.4, -0.2) is 25.0 Å². The smallest absolute Gasteiger partial charge is 0.270 e. The van der Waals surface area contributed by atoms with E-state index < -0.39 is 8.07 Å². The SMILES string of the molecule is COCn1nc(-c2ccccc2)c(C#C[Si](C)(C)C)cc1=O. The summed E-state index contributed by atoms with van der Waals surface area (Å²) in [4.78, 5) is 12.1. The van der Waals surface area contributed by atoms with Crippen LogP contribution in [0.15, 0.2) is 41.2 Å². The zero-order valence-electron chi connectivity index (χ0n) is 13.4. The minimum absolute atomic E-state index is 0.125. The monoisotopic (exact) mass is 312 g/mol. The molecule has 114 valence electrons. The Labute approximate surface area is 131 Å². The van der Waals surface area contributed by atoms with E-state index in [0.717, 1.165) is 5.56 Å². The Balaban J connectivity index is 2.63. The summed E-state index contributed by atoms with van der Waals surface area (Å²) in [6.07, 6.45) is 0. The third kappa shape index (κ3) is 4.17. The third-order valence-corrected chi connectivity index (χ3v) is 3.74. The van der Waals surface area contributed by atoms with Crippen molar-refractivity contribution in [1.82, 2.24) is 9.78 Å². The predicted molar refractivity (Wildman–Crippen MR) is 91.2 cm³/mol. The van der Waals surface area contributed by atoms with Gasteiger partial charge in [0.15, 0.2) is 0 Å². The van der Waals surface area contributed by atoms with Crippen molar-refractivity contribution in [3.8, 4) is 22.7 Å². The average molecular weight is 312 g/mol. The van der Waals surface area contributed by atoms with Gasteiger partial charge in [0.05, 0.1) is 5.56 Å².